The van der Waals surface area contributed by atoms with Crippen molar-refractivity contribution in [2.24, 2.45) is 0 Å². The average molecular weight is 621 g/mol. The molecule has 7 aromatic carbocycles. The van der Waals surface area contributed by atoms with E-state index in [4.69, 9.17) is 0 Å². The fourth-order valence-corrected chi connectivity index (χ4v) is 7.54. The lowest BCUT2D eigenvalue weighted by molar-refractivity contribution is 0.625. The predicted octanol–water partition coefficient (Wildman–Crippen LogP) is 11.9. The lowest BCUT2D eigenvalue weighted by Crippen LogP contribution is -2.22. The highest BCUT2D eigenvalue weighted by Gasteiger charge is 2.37. The summed E-state index contributed by atoms with van der Waals surface area (Å²) in [6.07, 6.45) is 1.85. The fourth-order valence-electron chi connectivity index (χ4n) is 7.54. The van der Waals surface area contributed by atoms with Gasteiger partial charge in [0.1, 0.15) is 5.82 Å². The van der Waals surface area contributed by atoms with E-state index in [9.17, 15) is 4.39 Å². The summed E-state index contributed by atoms with van der Waals surface area (Å²) in [6, 6.07) is 60.0. The van der Waals surface area contributed by atoms with Gasteiger partial charge in [0.05, 0.1) is 0 Å². The Labute approximate surface area is 281 Å². The maximum atomic E-state index is 13.9. The summed E-state index contributed by atoms with van der Waals surface area (Å²) in [5, 5.41) is 0. The number of hydrogen-bond donors (Lipinski definition) is 0. The minimum atomic E-state index is -0.154. The molecule has 1 atom stereocenters. The maximum Gasteiger partial charge on any atom is 0.123 e. The van der Waals surface area contributed by atoms with E-state index >= 15 is 0 Å². The van der Waals surface area contributed by atoms with Gasteiger partial charge in [-0.05, 0) is 124 Å². The van der Waals surface area contributed by atoms with Crippen LogP contribution < -0.4 is 9.80 Å². The predicted molar refractivity (Wildman–Crippen MR) is 197 cm³/mol. The van der Waals surface area contributed by atoms with Crippen molar-refractivity contribution < 1.29 is 4.39 Å². The fraction of sp³-hybridized carbons (Fsp3) is 0.0667. The minimum absolute atomic E-state index is 0.154. The van der Waals surface area contributed by atoms with Crippen molar-refractivity contribution in [1.82, 2.24) is 0 Å². The largest absolute Gasteiger partial charge is 0.337 e. The number of anilines is 5. The molecule has 0 bridgehead atoms. The van der Waals surface area contributed by atoms with Gasteiger partial charge in [0.15, 0.2) is 0 Å². The first-order valence-electron chi connectivity index (χ1n) is 16.6. The van der Waals surface area contributed by atoms with Gasteiger partial charge in [-0.15, -0.1) is 0 Å². The molecule has 230 valence electrons. The van der Waals surface area contributed by atoms with Gasteiger partial charge in [0, 0.05) is 34.5 Å². The second-order valence-corrected chi connectivity index (χ2v) is 12.8. The molecule has 0 radical (unpaired) electrons. The van der Waals surface area contributed by atoms with E-state index in [-0.39, 0.29) is 5.82 Å². The lowest BCUT2D eigenvalue weighted by atomic mass is 9.98. The Morgan fingerprint density at radius 2 is 0.896 bits per heavy atom. The summed E-state index contributed by atoms with van der Waals surface area (Å²) in [5.41, 5.74) is 15.3. The summed E-state index contributed by atoms with van der Waals surface area (Å²) in [4.78, 5) is 4.75. The third-order valence-corrected chi connectivity index (χ3v) is 9.82. The summed E-state index contributed by atoms with van der Waals surface area (Å²) in [6.45, 7) is 0. The van der Waals surface area contributed by atoms with Gasteiger partial charge in [0.2, 0.25) is 0 Å². The molecule has 0 fully saturated rings. The summed E-state index contributed by atoms with van der Waals surface area (Å²) < 4.78 is 13.9. The molecule has 2 aliphatic rings. The highest BCUT2D eigenvalue weighted by atomic mass is 19.1. The highest BCUT2D eigenvalue weighted by molar-refractivity contribution is 5.84. The van der Waals surface area contributed by atoms with Crippen LogP contribution in [-0.4, -0.2) is 6.04 Å². The zero-order chi connectivity index (χ0) is 32.0. The van der Waals surface area contributed by atoms with Crippen LogP contribution >= 0.6 is 0 Å². The van der Waals surface area contributed by atoms with Crippen molar-refractivity contribution in [1.29, 1.82) is 0 Å². The zero-order valence-electron chi connectivity index (χ0n) is 26.4. The zero-order valence-corrected chi connectivity index (χ0v) is 26.4. The molecule has 3 heteroatoms. The first kappa shape index (κ1) is 28.3. The van der Waals surface area contributed by atoms with E-state index < -0.39 is 0 Å². The molecule has 1 unspecified atom stereocenters. The Morgan fingerprint density at radius 1 is 0.417 bits per heavy atom. The molecule has 0 aromatic heterocycles. The average Bonchev–Trinajstić information content (AvgIpc) is 3.68. The molecule has 0 amide bonds. The van der Waals surface area contributed by atoms with Crippen LogP contribution in [0.15, 0.2) is 170 Å². The minimum Gasteiger partial charge on any atom is -0.337 e. The van der Waals surface area contributed by atoms with E-state index in [1.807, 2.05) is 6.07 Å². The van der Waals surface area contributed by atoms with Crippen LogP contribution in [0.4, 0.5) is 32.8 Å². The standard InChI is InChI=1S/C45H33FN2/c46-39-19-25-45-38(27-39)30-43-29-37-26-36(18-24-44(37)48(43)45)35-12-7-13-42(28-35)47(40-20-14-33(15-21-40)31-8-3-1-4-9-31)41-22-16-34(17-23-41)32-10-5-2-6-11-32/h1-28,43H,29-30H2. The molecule has 0 spiro atoms. The summed E-state index contributed by atoms with van der Waals surface area (Å²) in [5.74, 6) is -0.154. The third-order valence-electron chi connectivity index (χ3n) is 9.82. The second-order valence-electron chi connectivity index (χ2n) is 12.8. The number of nitrogens with zero attached hydrogens (tertiary/aromatic N) is 2. The topological polar surface area (TPSA) is 6.48 Å². The van der Waals surface area contributed by atoms with Crippen molar-refractivity contribution in [2.45, 2.75) is 18.9 Å². The Hall–Kier alpha value is -5.93. The van der Waals surface area contributed by atoms with Crippen molar-refractivity contribution >= 4 is 28.4 Å². The molecule has 0 saturated heterocycles. The Bertz CT molecular complexity index is 2160. The SMILES string of the molecule is Fc1ccc2c(c1)CC1Cc3cc(-c4cccc(N(c5ccc(-c6ccccc6)cc5)c5ccc(-c6ccccc6)cc5)c4)ccc3N21. The quantitative estimate of drug-likeness (QED) is 0.182. The number of fused-ring (bicyclic) bond motifs is 5. The molecular formula is C45H33FN2. The number of halogens is 1. The van der Waals surface area contributed by atoms with Crippen molar-refractivity contribution in [3.63, 3.8) is 0 Å². The van der Waals surface area contributed by atoms with Crippen LogP contribution in [0.25, 0.3) is 33.4 Å². The molecule has 0 aliphatic carbocycles. The summed E-state index contributed by atoms with van der Waals surface area (Å²) in [7, 11) is 0. The molecule has 2 heterocycles. The Morgan fingerprint density at radius 3 is 1.50 bits per heavy atom. The third kappa shape index (κ3) is 5.05. The Kier molecular flexibility index (Phi) is 6.90. The number of hydrogen-bond acceptors (Lipinski definition) is 2. The van der Waals surface area contributed by atoms with Crippen LogP contribution in [-0.2, 0) is 12.8 Å². The molecule has 48 heavy (non-hydrogen) atoms. The maximum absolute atomic E-state index is 13.9. The molecule has 2 nitrogen and oxygen atoms in total. The number of benzene rings is 7. The van der Waals surface area contributed by atoms with E-state index in [0.717, 1.165) is 41.2 Å². The van der Waals surface area contributed by atoms with Crippen molar-refractivity contribution in [3.8, 4) is 33.4 Å². The highest BCUT2D eigenvalue weighted by Crippen LogP contribution is 2.47. The first-order valence-corrected chi connectivity index (χ1v) is 16.6. The molecular weight excluding hydrogens is 588 g/mol. The molecule has 7 aromatic rings. The van der Waals surface area contributed by atoms with Crippen LogP contribution in [0, 0.1) is 5.82 Å². The van der Waals surface area contributed by atoms with E-state index in [2.05, 4.69) is 161 Å². The normalized spacial score (nSPS) is 14.4. The van der Waals surface area contributed by atoms with Crippen LogP contribution in [0.2, 0.25) is 0 Å². The van der Waals surface area contributed by atoms with Crippen LogP contribution in [0.1, 0.15) is 11.1 Å². The van der Waals surface area contributed by atoms with Gasteiger partial charge in [-0.1, -0.05) is 103 Å². The second kappa shape index (κ2) is 11.7. The smallest absolute Gasteiger partial charge is 0.123 e. The van der Waals surface area contributed by atoms with E-state index in [1.165, 1.54) is 44.6 Å². The van der Waals surface area contributed by atoms with Gasteiger partial charge in [-0.3, -0.25) is 0 Å². The molecule has 0 N–H and O–H groups in total. The van der Waals surface area contributed by atoms with E-state index in [1.54, 1.807) is 12.1 Å². The Balaban J connectivity index is 1.08. The number of rotatable bonds is 6. The van der Waals surface area contributed by atoms with Gasteiger partial charge in [-0.2, -0.15) is 0 Å². The van der Waals surface area contributed by atoms with Crippen LogP contribution in [0.3, 0.4) is 0 Å². The summed E-state index contributed by atoms with van der Waals surface area (Å²) >= 11 is 0. The molecule has 9 rings (SSSR count). The van der Waals surface area contributed by atoms with Crippen molar-refractivity contribution in [2.75, 3.05) is 9.80 Å². The van der Waals surface area contributed by atoms with E-state index in [0.29, 0.717) is 6.04 Å². The van der Waals surface area contributed by atoms with Crippen molar-refractivity contribution in [3.05, 3.63) is 187 Å². The first-order chi connectivity index (χ1) is 23.7. The van der Waals surface area contributed by atoms with Gasteiger partial charge in [0.25, 0.3) is 0 Å². The lowest BCUT2D eigenvalue weighted by Gasteiger charge is -2.26. The molecule has 2 aliphatic heterocycles. The van der Waals surface area contributed by atoms with Gasteiger partial charge in [-0.25, -0.2) is 4.39 Å². The molecule has 0 saturated carbocycles. The monoisotopic (exact) mass is 620 g/mol. The van der Waals surface area contributed by atoms with Gasteiger partial charge >= 0.3 is 0 Å². The van der Waals surface area contributed by atoms with Crippen LogP contribution in [0.5, 0.6) is 0 Å². The van der Waals surface area contributed by atoms with Gasteiger partial charge < -0.3 is 9.80 Å².